The van der Waals surface area contributed by atoms with Gasteiger partial charge in [0.1, 0.15) is 0 Å². The van der Waals surface area contributed by atoms with Crippen LogP contribution < -0.4 is 4.72 Å². The maximum absolute atomic E-state index is 14.8. The summed E-state index contributed by atoms with van der Waals surface area (Å²) in [6.07, 6.45) is 3.28. The second kappa shape index (κ2) is 7.61. The summed E-state index contributed by atoms with van der Waals surface area (Å²) in [7, 11) is -3.70. The summed E-state index contributed by atoms with van der Waals surface area (Å²) in [6.45, 7) is 1.69. The number of carbonyl (C=O) groups excluding carboxylic acids is 1. The van der Waals surface area contributed by atoms with Crippen molar-refractivity contribution in [3.63, 3.8) is 0 Å². The highest BCUT2D eigenvalue weighted by Crippen LogP contribution is 2.28. The third kappa shape index (κ3) is 4.25. The van der Waals surface area contributed by atoms with E-state index in [1.165, 1.54) is 18.3 Å². The number of aromatic amines is 1. The Hall–Kier alpha value is -2.52. The van der Waals surface area contributed by atoms with Crippen LogP contribution in [0.4, 0.5) is 10.1 Å². The fourth-order valence-electron chi connectivity index (χ4n) is 2.63. The largest absolute Gasteiger partial charge is 0.294 e. The molecule has 1 aromatic carbocycles. The standard InChI is InChI=1S/C17H16ClFN4O3S/c1-2-5-27(25,26)23-13-4-3-12(18)15(16(13)19)14(24)7-10-6-11-9-21-22-17(11)20-8-10/h3-4,6,8-9,23H,2,5,7H2,1H3,(H,20,21,22). The number of H-pyrrole nitrogens is 1. The molecule has 7 nitrogen and oxygen atoms in total. The molecule has 0 saturated heterocycles. The number of Topliss-reactive ketones (excluding diaryl/α,β-unsaturated/α-hetero) is 1. The van der Waals surface area contributed by atoms with Crippen LogP contribution in [-0.4, -0.2) is 35.1 Å². The molecule has 0 bridgehead atoms. The minimum Gasteiger partial charge on any atom is -0.294 e. The fourth-order valence-corrected chi connectivity index (χ4v) is 4.01. The van der Waals surface area contributed by atoms with Gasteiger partial charge in [0, 0.05) is 18.0 Å². The van der Waals surface area contributed by atoms with Gasteiger partial charge >= 0.3 is 0 Å². The maximum atomic E-state index is 14.8. The molecule has 3 aromatic rings. The molecule has 0 aliphatic carbocycles. The van der Waals surface area contributed by atoms with Gasteiger partial charge in [-0.1, -0.05) is 18.5 Å². The molecule has 0 amide bonds. The average molecular weight is 411 g/mol. The maximum Gasteiger partial charge on any atom is 0.232 e. The van der Waals surface area contributed by atoms with Gasteiger partial charge in [0.2, 0.25) is 10.0 Å². The van der Waals surface area contributed by atoms with Gasteiger partial charge in [-0.25, -0.2) is 17.8 Å². The van der Waals surface area contributed by atoms with Crippen molar-refractivity contribution in [3.05, 3.63) is 52.6 Å². The first-order valence-corrected chi connectivity index (χ1v) is 10.1. The topological polar surface area (TPSA) is 105 Å². The molecule has 0 fully saturated rings. The number of fused-ring (bicyclic) bond motifs is 1. The molecule has 0 saturated carbocycles. The van der Waals surface area contributed by atoms with Crippen LogP contribution in [0, 0.1) is 5.82 Å². The Morgan fingerprint density at radius 2 is 2.11 bits per heavy atom. The number of hydrogen-bond acceptors (Lipinski definition) is 5. The number of anilines is 1. The number of carbonyl (C=O) groups is 1. The number of aromatic nitrogens is 3. The molecule has 10 heteroatoms. The van der Waals surface area contributed by atoms with Crippen LogP contribution in [-0.2, 0) is 16.4 Å². The van der Waals surface area contributed by atoms with Crippen molar-refractivity contribution in [2.45, 2.75) is 19.8 Å². The Morgan fingerprint density at radius 1 is 1.33 bits per heavy atom. The van der Waals surface area contributed by atoms with E-state index in [1.54, 1.807) is 19.2 Å². The molecule has 2 aromatic heterocycles. The monoisotopic (exact) mass is 410 g/mol. The Kier molecular flexibility index (Phi) is 5.43. The van der Waals surface area contributed by atoms with Crippen molar-refractivity contribution < 1.29 is 17.6 Å². The van der Waals surface area contributed by atoms with Crippen molar-refractivity contribution in [3.8, 4) is 0 Å². The number of nitrogens with one attached hydrogen (secondary N) is 2. The average Bonchev–Trinajstić information content (AvgIpc) is 3.05. The number of nitrogens with zero attached hydrogens (tertiary/aromatic N) is 2. The molecule has 2 heterocycles. The quantitative estimate of drug-likeness (QED) is 0.581. The SMILES string of the molecule is CCCS(=O)(=O)Nc1ccc(Cl)c(C(=O)Cc2cnc3[nH]ncc3c2)c1F. The molecule has 0 atom stereocenters. The van der Waals surface area contributed by atoms with Gasteiger partial charge in [0.15, 0.2) is 17.2 Å². The van der Waals surface area contributed by atoms with Crippen LogP contribution in [0.25, 0.3) is 11.0 Å². The number of rotatable bonds is 7. The highest BCUT2D eigenvalue weighted by molar-refractivity contribution is 7.92. The normalized spacial score (nSPS) is 11.7. The van der Waals surface area contributed by atoms with Crippen molar-refractivity contribution >= 4 is 44.1 Å². The second-order valence-electron chi connectivity index (χ2n) is 5.96. The Labute approximate surface area is 160 Å². The summed E-state index contributed by atoms with van der Waals surface area (Å²) in [5, 5.41) is 7.17. The van der Waals surface area contributed by atoms with Crippen molar-refractivity contribution in [1.82, 2.24) is 15.2 Å². The zero-order chi connectivity index (χ0) is 19.6. The van der Waals surface area contributed by atoms with Gasteiger partial charge in [-0.2, -0.15) is 5.10 Å². The van der Waals surface area contributed by atoms with Gasteiger partial charge < -0.3 is 0 Å². The molecule has 0 unspecified atom stereocenters. The smallest absolute Gasteiger partial charge is 0.232 e. The van der Waals surface area contributed by atoms with E-state index in [1.807, 2.05) is 0 Å². The molecule has 0 aliphatic rings. The van der Waals surface area contributed by atoms with Crippen LogP contribution in [0.1, 0.15) is 29.3 Å². The predicted molar refractivity (Wildman–Crippen MR) is 101 cm³/mol. The van der Waals surface area contributed by atoms with E-state index < -0.39 is 21.6 Å². The van der Waals surface area contributed by atoms with Crippen molar-refractivity contribution in [1.29, 1.82) is 0 Å². The van der Waals surface area contributed by atoms with Crippen LogP contribution in [0.3, 0.4) is 0 Å². The van der Waals surface area contributed by atoms with Gasteiger partial charge in [-0.05, 0) is 30.2 Å². The van der Waals surface area contributed by atoms with E-state index in [-0.39, 0.29) is 28.4 Å². The Balaban J connectivity index is 1.90. The lowest BCUT2D eigenvalue weighted by atomic mass is 10.0. The lowest BCUT2D eigenvalue weighted by Gasteiger charge is -2.12. The summed E-state index contributed by atoms with van der Waals surface area (Å²) in [6, 6.07) is 4.20. The minimum absolute atomic E-state index is 0.0895. The van der Waals surface area contributed by atoms with E-state index in [9.17, 15) is 17.6 Å². The van der Waals surface area contributed by atoms with E-state index in [2.05, 4.69) is 19.9 Å². The second-order valence-corrected chi connectivity index (χ2v) is 8.21. The minimum atomic E-state index is -3.70. The summed E-state index contributed by atoms with van der Waals surface area (Å²) < 4.78 is 40.7. The van der Waals surface area contributed by atoms with Crippen LogP contribution in [0.15, 0.2) is 30.6 Å². The molecule has 3 rings (SSSR count). The summed E-state index contributed by atoms with van der Waals surface area (Å²) in [5.41, 5.74) is 0.462. The van der Waals surface area contributed by atoms with Gasteiger partial charge in [-0.15, -0.1) is 0 Å². The third-order valence-electron chi connectivity index (χ3n) is 3.82. The molecule has 142 valence electrons. The van der Waals surface area contributed by atoms with E-state index in [0.29, 0.717) is 23.0 Å². The Bertz CT molecular complexity index is 1110. The lowest BCUT2D eigenvalue weighted by molar-refractivity contribution is 0.0989. The Morgan fingerprint density at radius 3 is 2.85 bits per heavy atom. The van der Waals surface area contributed by atoms with Crippen molar-refractivity contribution in [2.75, 3.05) is 10.5 Å². The molecule has 0 spiro atoms. The lowest BCUT2D eigenvalue weighted by Crippen LogP contribution is -2.18. The zero-order valence-corrected chi connectivity index (χ0v) is 15.9. The molecule has 27 heavy (non-hydrogen) atoms. The zero-order valence-electron chi connectivity index (χ0n) is 14.3. The molecule has 0 radical (unpaired) electrons. The predicted octanol–water partition coefficient (Wildman–Crippen LogP) is 3.33. The first-order valence-electron chi connectivity index (χ1n) is 8.10. The number of sulfonamides is 1. The highest BCUT2D eigenvalue weighted by Gasteiger charge is 2.22. The van der Waals surface area contributed by atoms with E-state index in [4.69, 9.17) is 11.6 Å². The number of pyridine rings is 1. The molecular weight excluding hydrogens is 395 g/mol. The van der Waals surface area contributed by atoms with Crippen LogP contribution >= 0.6 is 11.6 Å². The van der Waals surface area contributed by atoms with Gasteiger partial charge in [0.25, 0.3) is 0 Å². The van der Waals surface area contributed by atoms with Crippen molar-refractivity contribution in [2.24, 2.45) is 0 Å². The van der Waals surface area contributed by atoms with Gasteiger partial charge in [0.05, 0.1) is 28.2 Å². The molecule has 2 N–H and O–H groups in total. The summed E-state index contributed by atoms with van der Waals surface area (Å²) in [5.74, 6) is -1.74. The van der Waals surface area contributed by atoms with Gasteiger partial charge in [-0.3, -0.25) is 14.6 Å². The summed E-state index contributed by atoms with van der Waals surface area (Å²) in [4.78, 5) is 16.8. The highest BCUT2D eigenvalue weighted by atomic mass is 35.5. The molecular formula is C17H16ClFN4O3S. The fraction of sp³-hybridized carbons (Fsp3) is 0.235. The van der Waals surface area contributed by atoms with Crippen LogP contribution in [0.2, 0.25) is 5.02 Å². The summed E-state index contributed by atoms with van der Waals surface area (Å²) >= 11 is 6.00. The van der Waals surface area contributed by atoms with E-state index >= 15 is 0 Å². The number of benzene rings is 1. The first kappa shape index (κ1) is 19.2. The first-order chi connectivity index (χ1) is 12.8. The number of ketones is 1. The molecule has 0 aliphatic heterocycles. The third-order valence-corrected chi connectivity index (χ3v) is 5.61. The number of halogens is 2. The van der Waals surface area contributed by atoms with E-state index in [0.717, 1.165) is 0 Å². The number of hydrogen-bond donors (Lipinski definition) is 2. The van der Waals surface area contributed by atoms with Crippen LogP contribution in [0.5, 0.6) is 0 Å².